The molecule has 2 aromatic carbocycles. The van der Waals surface area contributed by atoms with E-state index in [0.29, 0.717) is 5.01 Å². The average molecular weight is 446 g/mol. The molecule has 8 nitrogen and oxygen atoms in total. The van der Waals surface area contributed by atoms with E-state index >= 15 is 0 Å². The van der Waals surface area contributed by atoms with Gasteiger partial charge in [0.25, 0.3) is 11.4 Å². The molecule has 13 heteroatoms. The molecule has 1 unspecified atom stereocenters. The van der Waals surface area contributed by atoms with Crippen LogP contribution in [-0.4, -0.2) is 48.4 Å². The predicted octanol–water partition coefficient (Wildman–Crippen LogP) is 2.88. The molecule has 0 fully saturated rings. The van der Waals surface area contributed by atoms with Crippen LogP contribution in [0.3, 0.4) is 0 Å². The van der Waals surface area contributed by atoms with Gasteiger partial charge in [-0.25, -0.2) is 4.39 Å². The third-order valence-corrected chi connectivity index (χ3v) is 5.09. The Morgan fingerprint density at radius 2 is 1.80 bits per heavy atom. The average Bonchev–Trinajstić information content (AvgIpc) is 3.00. The summed E-state index contributed by atoms with van der Waals surface area (Å²) in [7, 11) is -4.21. The maximum atomic E-state index is 13.8. The molecular formula is C17H14F4N4O4S. The first-order valence-corrected chi connectivity index (χ1v) is 9.70. The van der Waals surface area contributed by atoms with E-state index in [-0.39, 0.29) is 10.5 Å². The van der Waals surface area contributed by atoms with Gasteiger partial charge >= 0.3 is 16.3 Å². The maximum Gasteiger partial charge on any atom is 0.451 e. The molecule has 0 saturated carbocycles. The molecule has 0 aromatic heterocycles. The van der Waals surface area contributed by atoms with Gasteiger partial charge in [0.1, 0.15) is 5.82 Å². The standard InChI is InChI=1S/C17H14F4N4O4S/c1-24-16(30(27,28)29)25(15(23-24)17(19,20)21)13-8-7-11(18)9-12(13)22-14(26)10-5-3-2-4-6-10/h2-9,16H,1H3,(H,22,26)(H,27,28,29). The summed E-state index contributed by atoms with van der Waals surface area (Å²) in [6.07, 6.45) is -5.12. The summed E-state index contributed by atoms with van der Waals surface area (Å²) in [5, 5.41) is 5.83. The smallest absolute Gasteiger partial charge is 0.320 e. The Hall–Kier alpha value is -3.19. The molecule has 0 bridgehead atoms. The lowest BCUT2D eigenvalue weighted by molar-refractivity contribution is -0.0599. The molecule has 1 aliphatic rings. The van der Waals surface area contributed by atoms with Crippen LogP contribution < -0.4 is 10.2 Å². The van der Waals surface area contributed by atoms with Crippen LogP contribution in [0.2, 0.25) is 0 Å². The molecule has 0 radical (unpaired) electrons. The highest BCUT2D eigenvalue weighted by Crippen LogP contribution is 2.38. The molecule has 1 atom stereocenters. The van der Waals surface area contributed by atoms with Crippen LogP contribution in [0.5, 0.6) is 0 Å². The van der Waals surface area contributed by atoms with E-state index in [1.54, 1.807) is 18.2 Å². The van der Waals surface area contributed by atoms with Gasteiger partial charge in [-0.1, -0.05) is 18.2 Å². The Bertz CT molecular complexity index is 1110. The van der Waals surface area contributed by atoms with Crippen molar-refractivity contribution < 1.29 is 35.3 Å². The zero-order chi connectivity index (χ0) is 22.3. The zero-order valence-corrected chi connectivity index (χ0v) is 15.9. The van der Waals surface area contributed by atoms with Crippen molar-refractivity contribution >= 4 is 33.2 Å². The number of benzene rings is 2. The van der Waals surface area contributed by atoms with Crippen LogP contribution in [0.25, 0.3) is 0 Å². The molecule has 0 aliphatic carbocycles. The summed E-state index contributed by atoms with van der Waals surface area (Å²) in [5.74, 6) is -3.35. The summed E-state index contributed by atoms with van der Waals surface area (Å²) in [4.78, 5) is 12.6. The van der Waals surface area contributed by atoms with Gasteiger partial charge in [0.15, 0.2) is 0 Å². The van der Waals surface area contributed by atoms with Crippen molar-refractivity contribution in [3.05, 3.63) is 59.9 Å². The Morgan fingerprint density at radius 3 is 2.37 bits per heavy atom. The quantitative estimate of drug-likeness (QED) is 0.553. The largest absolute Gasteiger partial charge is 0.451 e. The lowest BCUT2D eigenvalue weighted by Crippen LogP contribution is -2.50. The molecule has 0 spiro atoms. The molecular weight excluding hydrogens is 432 g/mol. The highest BCUT2D eigenvalue weighted by Gasteiger charge is 2.52. The van der Waals surface area contributed by atoms with Crippen LogP contribution >= 0.6 is 0 Å². The van der Waals surface area contributed by atoms with Crippen molar-refractivity contribution in [2.24, 2.45) is 5.10 Å². The van der Waals surface area contributed by atoms with E-state index in [1.165, 1.54) is 12.1 Å². The molecule has 160 valence electrons. The van der Waals surface area contributed by atoms with Crippen LogP contribution in [0.15, 0.2) is 53.6 Å². The number of amides is 1. The molecule has 2 N–H and O–H groups in total. The third-order valence-electron chi connectivity index (χ3n) is 4.04. The minimum Gasteiger partial charge on any atom is -0.320 e. The minimum atomic E-state index is -5.12. The van der Waals surface area contributed by atoms with Crippen molar-refractivity contribution in [1.29, 1.82) is 0 Å². The number of hydrazone groups is 1. The molecule has 1 heterocycles. The van der Waals surface area contributed by atoms with Gasteiger partial charge in [0.2, 0.25) is 5.84 Å². The van der Waals surface area contributed by atoms with E-state index in [4.69, 9.17) is 0 Å². The normalized spacial score (nSPS) is 17.1. The van der Waals surface area contributed by atoms with Crippen LogP contribution in [-0.2, 0) is 10.1 Å². The first-order valence-electron chi connectivity index (χ1n) is 8.19. The number of carbonyl (C=O) groups excluding carboxylic acids is 1. The number of nitrogens with one attached hydrogen (secondary N) is 1. The Labute approximate surface area is 168 Å². The number of halogens is 4. The first-order chi connectivity index (χ1) is 13.9. The minimum absolute atomic E-state index is 0.127. The summed E-state index contributed by atoms with van der Waals surface area (Å²) < 4.78 is 87.5. The first kappa shape index (κ1) is 21.5. The van der Waals surface area contributed by atoms with E-state index in [0.717, 1.165) is 25.2 Å². The summed E-state index contributed by atoms with van der Waals surface area (Å²) in [6.45, 7) is 0. The second kappa shape index (κ2) is 7.57. The van der Waals surface area contributed by atoms with E-state index in [9.17, 15) is 35.3 Å². The molecule has 2 aromatic rings. The molecule has 3 rings (SSSR count). The van der Waals surface area contributed by atoms with Gasteiger partial charge in [-0.15, -0.1) is 0 Å². The van der Waals surface area contributed by atoms with Crippen molar-refractivity contribution in [2.75, 3.05) is 17.3 Å². The monoisotopic (exact) mass is 446 g/mol. The van der Waals surface area contributed by atoms with Crippen LogP contribution in [0.1, 0.15) is 10.4 Å². The van der Waals surface area contributed by atoms with Gasteiger partial charge in [-0.3, -0.25) is 19.3 Å². The third kappa shape index (κ3) is 4.21. The molecule has 1 amide bonds. The zero-order valence-electron chi connectivity index (χ0n) is 15.1. The maximum absolute atomic E-state index is 13.8. The van der Waals surface area contributed by atoms with Crippen molar-refractivity contribution in [3.8, 4) is 0 Å². The highest BCUT2D eigenvalue weighted by molar-refractivity contribution is 7.86. The SMILES string of the molecule is CN1N=C(C(F)(F)F)N(c2ccc(F)cc2NC(=O)c2ccccc2)C1S(=O)(=O)O. The van der Waals surface area contributed by atoms with Gasteiger partial charge in [0.05, 0.1) is 11.4 Å². The van der Waals surface area contributed by atoms with Crippen LogP contribution in [0.4, 0.5) is 28.9 Å². The summed E-state index contributed by atoms with van der Waals surface area (Å²) >= 11 is 0. The molecule has 30 heavy (non-hydrogen) atoms. The van der Waals surface area contributed by atoms with Crippen molar-refractivity contribution in [2.45, 2.75) is 11.7 Å². The fraction of sp³-hybridized carbons (Fsp3) is 0.176. The highest BCUT2D eigenvalue weighted by atomic mass is 32.2. The number of rotatable bonds is 4. The lowest BCUT2D eigenvalue weighted by atomic mass is 10.2. The fourth-order valence-corrected chi connectivity index (χ4v) is 3.79. The topological polar surface area (TPSA) is 102 Å². The summed E-state index contributed by atoms with van der Waals surface area (Å²) in [6, 6.07) is 9.90. The number of anilines is 2. The second-order valence-electron chi connectivity index (χ2n) is 6.19. The molecule has 1 aliphatic heterocycles. The second-order valence-corrected chi connectivity index (χ2v) is 7.64. The summed E-state index contributed by atoms with van der Waals surface area (Å²) in [5.41, 5.74) is -3.15. The van der Waals surface area contributed by atoms with Gasteiger partial charge in [0, 0.05) is 12.6 Å². The number of hydrogen-bond acceptors (Lipinski definition) is 6. The van der Waals surface area contributed by atoms with E-state index < -0.39 is 50.7 Å². The number of amidine groups is 1. The van der Waals surface area contributed by atoms with E-state index in [2.05, 4.69) is 10.4 Å². The lowest BCUT2D eigenvalue weighted by Gasteiger charge is -2.29. The van der Waals surface area contributed by atoms with Gasteiger partial charge < -0.3 is 5.32 Å². The van der Waals surface area contributed by atoms with Crippen molar-refractivity contribution in [1.82, 2.24) is 5.01 Å². The fourth-order valence-electron chi connectivity index (χ4n) is 2.87. The number of carbonyl (C=O) groups is 1. The number of alkyl halides is 3. The predicted molar refractivity (Wildman–Crippen MR) is 99.9 cm³/mol. The van der Waals surface area contributed by atoms with Crippen LogP contribution in [0, 0.1) is 5.82 Å². The van der Waals surface area contributed by atoms with Gasteiger partial charge in [-0.05, 0) is 30.3 Å². The Kier molecular flexibility index (Phi) is 5.43. The van der Waals surface area contributed by atoms with Crippen molar-refractivity contribution in [3.63, 3.8) is 0 Å². The Morgan fingerprint density at radius 1 is 1.17 bits per heavy atom. The van der Waals surface area contributed by atoms with E-state index in [1.807, 2.05) is 0 Å². The molecule has 0 saturated heterocycles. The number of hydrogen-bond donors (Lipinski definition) is 2. The number of nitrogens with zero attached hydrogens (tertiary/aromatic N) is 3. The Balaban J connectivity index is 2.13. The van der Waals surface area contributed by atoms with Gasteiger partial charge in [-0.2, -0.15) is 26.7 Å².